The molecule has 168 valence electrons. The zero-order valence-corrected chi connectivity index (χ0v) is 19.7. The highest BCUT2D eigenvalue weighted by molar-refractivity contribution is 7.12. The molecule has 0 bridgehead atoms. The van der Waals surface area contributed by atoms with E-state index in [4.69, 9.17) is 16.1 Å². The third-order valence-electron chi connectivity index (χ3n) is 5.85. The lowest BCUT2D eigenvalue weighted by molar-refractivity contribution is 0.0951. The van der Waals surface area contributed by atoms with Crippen molar-refractivity contribution >= 4 is 28.8 Å². The zero-order chi connectivity index (χ0) is 22.6. The van der Waals surface area contributed by atoms with Gasteiger partial charge in [0.1, 0.15) is 10.6 Å². The van der Waals surface area contributed by atoms with Crippen LogP contribution in [-0.2, 0) is 13.1 Å². The van der Waals surface area contributed by atoms with Crippen molar-refractivity contribution in [3.8, 4) is 22.4 Å². The summed E-state index contributed by atoms with van der Waals surface area (Å²) in [6, 6.07) is 20.7. The van der Waals surface area contributed by atoms with Gasteiger partial charge in [-0.15, -0.1) is 11.3 Å². The van der Waals surface area contributed by atoms with Crippen LogP contribution in [0.15, 0.2) is 70.6 Å². The largest absolute Gasteiger partial charge is 0.359 e. The van der Waals surface area contributed by atoms with Gasteiger partial charge in [0.2, 0.25) is 0 Å². The van der Waals surface area contributed by atoms with Crippen molar-refractivity contribution in [1.82, 2.24) is 15.4 Å². The Balaban J connectivity index is 1.23. The summed E-state index contributed by atoms with van der Waals surface area (Å²) in [4.78, 5) is 15.2. The molecule has 0 aliphatic carbocycles. The summed E-state index contributed by atoms with van der Waals surface area (Å²) in [6.45, 7) is 3.67. The van der Waals surface area contributed by atoms with Gasteiger partial charge in [0, 0.05) is 18.2 Å². The number of benzene rings is 2. The van der Waals surface area contributed by atoms with E-state index >= 15 is 0 Å². The second-order valence-electron chi connectivity index (χ2n) is 8.22. The molecule has 0 atom stereocenters. The van der Waals surface area contributed by atoms with E-state index in [1.165, 1.54) is 54.0 Å². The summed E-state index contributed by atoms with van der Waals surface area (Å²) in [7, 11) is 0. The Kier molecular flexibility index (Phi) is 6.58. The molecule has 5 nitrogen and oxygen atoms in total. The van der Waals surface area contributed by atoms with Crippen molar-refractivity contribution < 1.29 is 9.32 Å². The third-order valence-corrected chi connectivity index (χ3v) is 7.19. The molecule has 1 amide bonds. The molecule has 1 aliphatic rings. The highest BCUT2D eigenvalue weighted by atomic mass is 35.5. The van der Waals surface area contributed by atoms with Gasteiger partial charge in [0.05, 0.1) is 11.6 Å². The van der Waals surface area contributed by atoms with Crippen molar-refractivity contribution in [2.75, 3.05) is 13.1 Å². The summed E-state index contributed by atoms with van der Waals surface area (Å²) < 4.78 is 5.41. The number of carbonyl (C=O) groups is 1. The number of aromatic nitrogens is 1. The molecule has 5 rings (SSSR count). The van der Waals surface area contributed by atoms with Crippen LogP contribution in [0.2, 0.25) is 5.02 Å². The summed E-state index contributed by atoms with van der Waals surface area (Å²) in [5.41, 5.74) is 5.45. The zero-order valence-electron chi connectivity index (χ0n) is 18.1. The molecule has 2 aromatic heterocycles. The van der Waals surface area contributed by atoms with Crippen LogP contribution < -0.4 is 5.32 Å². The summed E-state index contributed by atoms with van der Waals surface area (Å²) in [5, 5.41) is 9.23. The van der Waals surface area contributed by atoms with E-state index in [1.54, 1.807) is 11.4 Å². The van der Waals surface area contributed by atoms with Crippen molar-refractivity contribution in [1.29, 1.82) is 0 Å². The van der Waals surface area contributed by atoms with Crippen molar-refractivity contribution in [3.05, 3.63) is 87.3 Å². The smallest absolute Gasteiger partial charge is 0.263 e. The van der Waals surface area contributed by atoms with Gasteiger partial charge < -0.3 is 9.84 Å². The fourth-order valence-electron chi connectivity index (χ4n) is 4.12. The lowest BCUT2D eigenvalue weighted by atomic mass is 10.0. The minimum absolute atomic E-state index is 0.218. The molecule has 1 aliphatic heterocycles. The molecule has 33 heavy (non-hydrogen) atoms. The average molecular weight is 478 g/mol. The fraction of sp³-hybridized carbons (Fsp3) is 0.231. The van der Waals surface area contributed by atoms with Gasteiger partial charge >= 0.3 is 0 Å². The van der Waals surface area contributed by atoms with Crippen LogP contribution in [0.4, 0.5) is 0 Å². The first-order valence-electron chi connectivity index (χ1n) is 11.0. The number of amides is 1. The van der Waals surface area contributed by atoms with E-state index in [2.05, 4.69) is 51.8 Å². The number of thiophene rings is 1. The molecule has 1 saturated heterocycles. The number of hydrogen-bond acceptors (Lipinski definition) is 5. The predicted octanol–water partition coefficient (Wildman–Crippen LogP) is 6.25. The SMILES string of the molecule is O=C(NCc1cc(-c2ccc(-c3cccc(CN4CCCC4)c3)cc2)no1)c1sccc1Cl. The molecule has 0 spiro atoms. The second kappa shape index (κ2) is 9.91. The van der Waals surface area contributed by atoms with Crippen molar-refractivity contribution in [2.45, 2.75) is 25.9 Å². The Labute approximate surface area is 202 Å². The molecule has 7 heteroatoms. The van der Waals surface area contributed by atoms with Gasteiger partial charge in [-0.25, -0.2) is 0 Å². The topological polar surface area (TPSA) is 58.4 Å². The van der Waals surface area contributed by atoms with Gasteiger partial charge in [-0.3, -0.25) is 9.69 Å². The van der Waals surface area contributed by atoms with Crippen LogP contribution in [0.5, 0.6) is 0 Å². The van der Waals surface area contributed by atoms with Crippen LogP contribution in [0, 0.1) is 0 Å². The number of carbonyl (C=O) groups excluding carboxylic acids is 1. The summed E-state index contributed by atoms with van der Waals surface area (Å²) in [5.74, 6) is 0.369. The summed E-state index contributed by atoms with van der Waals surface area (Å²) in [6.07, 6.45) is 2.61. The van der Waals surface area contributed by atoms with Gasteiger partial charge in [-0.2, -0.15) is 0 Å². The van der Waals surface area contributed by atoms with Gasteiger partial charge in [0.15, 0.2) is 5.76 Å². The first-order valence-corrected chi connectivity index (χ1v) is 12.3. The molecule has 0 radical (unpaired) electrons. The van der Waals surface area contributed by atoms with Gasteiger partial charge in [0.25, 0.3) is 5.91 Å². The molecular formula is C26H24ClN3O2S. The maximum Gasteiger partial charge on any atom is 0.263 e. The number of nitrogens with one attached hydrogen (secondary N) is 1. The van der Waals surface area contributed by atoms with Crippen LogP contribution in [0.3, 0.4) is 0 Å². The second-order valence-corrected chi connectivity index (χ2v) is 9.54. The lowest BCUT2D eigenvalue weighted by Gasteiger charge is -2.15. The third kappa shape index (κ3) is 5.19. The van der Waals surface area contributed by atoms with E-state index in [9.17, 15) is 4.79 Å². The molecule has 4 aromatic rings. The number of likely N-dealkylation sites (tertiary alicyclic amines) is 1. The molecular weight excluding hydrogens is 454 g/mol. The van der Waals surface area contributed by atoms with E-state index in [-0.39, 0.29) is 12.5 Å². The minimum Gasteiger partial charge on any atom is -0.359 e. The minimum atomic E-state index is -0.218. The molecule has 2 aromatic carbocycles. The highest BCUT2D eigenvalue weighted by Gasteiger charge is 2.14. The van der Waals surface area contributed by atoms with Crippen LogP contribution in [0.1, 0.15) is 33.8 Å². The number of hydrogen-bond donors (Lipinski definition) is 1. The first kappa shape index (κ1) is 21.9. The Morgan fingerprint density at radius 3 is 2.58 bits per heavy atom. The first-order chi connectivity index (χ1) is 16.2. The molecule has 0 unspecified atom stereocenters. The average Bonchev–Trinajstić information content (AvgIpc) is 3.60. The Morgan fingerprint density at radius 1 is 1.03 bits per heavy atom. The molecule has 1 fully saturated rings. The Hall–Kier alpha value is -2.93. The Morgan fingerprint density at radius 2 is 1.82 bits per heavy atom. The highest BCUT2D eigenvalue weighted by Crippen LogP contribution is 2.26. The maximum absolute atomic E-state index is 12.2. The van der Waals surface area contributed by atoms with Crippen molar-refractivity contribution in [3.63, 3.8) is 0 Å². The van der Waals surface area contributed by atoms with Crippen LogP contribution in [-0.4, -0.2) is 29.1 Å². The number of rotatable bonds is 7. The molecule has 3 heterocycles. The quantitative estimate of drug-likeness (QED) is 0.342. The van der Waals surface area contributed by atoms with E-state index in [0.717, 1.165) is 17.8 Å². The number of halogens is 1. The predicted molar refractivity (Wildman–Crippen MR) is 132 cm³/mol. The molecule has 0 saturated carbocycles. The maximum atomic E-state index is 12.2. The normalized spacial score (nSPS) is 14.0. The lowest BCUT2D eigenvalue weighted by Crippen LogP contribution is -2.21. The van der Waals surface area contributed by atoms with Gasteiger partial charge in [-0.1, -0.05) is 59.2 Å². The van der Waals surface area contributed by atoms with E-state index in [0.29, 0.717) is 15.7 Å². The van der Waals surface area contributed by atoms with Crippen LogP contribution >= 0.6 is 22.9 Å². The number of nitrogens with zero attached hydrogens (tertiary/aromatic N) is 2. The van der Waals surface area contributed by atoms with Crippen LogP contribution in [0.25, 0.3) is 22.4 Å². The van der Waals surface area contributed by atoms with E-state index in [1.807, 2.05) is 18.2 Å². The van der Waals surface area contributed by atoms with E-state index < -0.39 is 0 Å². The summed E-state index contributed by atoms with van der Waals surface area (Å²) >= 11 is 7.33. The van der Waals surface area contributed by atoms with Crippen molar-refractivity contribution in [2.24, 2.45) is 0 Å². The monoisotopic (exact) mass is 477 g/mol. The fourth-order valence-corrected chi connectivity index (χ4v) is 5.17. The van der Waals surface area contributed by atoms with Gasteiger partial charge in [-0.05, 0) is 60.1 Å². The molecule has 1 N–H and O–H groups in total. The Bertz CT molecular complexity index is 1240. The standard InChI is InChI=1S/C26H24ClN3O2S/c27-23-10-13-33-25(23)26(31)28-16-22-15-24(29-32-22)20-8-6-19(7-9-20)21-5-3-4-18(14-21)17-30-11-1-2-12-30/h3-10,13-15H,1-2,11-12,16-17H2,(H,28,31).